The van der Waals surface area contributed by atoms with Crippen LogP contribution in [0.15, 0.2) is 53.4 Å². The number of primary sulfonamides is 1. The minimum absolute atomic E-state index is 0.118. The summed E-state index contributed by atoms with van der Waals surface area (Å²) in [4.78, 5) is 16.6. The fraction of sp³-hybridized carbons (Fsp3) is 0.278. The van der Waals surface area contributed by atoms with Crippen molar-refractivity contribution < 1.29 is 13.2 Å². The molecule has 0 aromatic heterocycles. The molecule has 26 heavy (non-hydrogen) atoms. The number of carbonyl (C=O) groups excluding carboxylic acids is 1. The molecule has 2 N–H and O–H groups in total. The SMILES string of the molecule is NS(=O)(=O)c1ccc(Cl)c(C(=O)N2CCN(Cc3ccccc3)CC2)c1. The standard InChI is InChI=1S/C18H20ClN3O3S/c19-17-7-6-15(26(20,24)25)12-16(17)18(23)22-10-8-21(9-11-22)13-14-4-2-1-3-5-14/h1-7,12H,8-11,13H2,(H2,20,24,25). The number of nitrogens with two attached hydrogens (primary N) is 1. The first-order chi connectivity index (χ1) is 12.3. The molecule has 1 fully saturated rings. The van der Waals surface area contributed by atoms with Gasteiger partial charge in [-0.05, 0) is 23.8 Å². The minimum atomic E-state index is -3.89. The zero-order valence-corrected chi connectivity index (χ0v) is 15.7. The summed E-state index contributed by atoms with van der Waals surface area (Å²) in [5.41, 5.74) is 1.39. The van der Waals surface area contributed by atoms with Crippen molar-refractivity contribution in [3.63, 3.8) is 0 Å². The summed E-state index contributed by atoms with van der Waals surface area (Å²) >= 11 is 6.10. The fourth-order valence-corrected chi connectivity index (χ4v) is 3.70. The molecule has 2 aromatic rings. The molecule has 0 unspecified atom stereocenters. The molecular formula is C18H20ClN3O3S. The van der Waals surface area contributed by atoms with Gasteiger partial charge in [-0.25, -0.2) is 13.6 Å². The Morgan fingerprint density at radius 1 is 1.04 bits per heavy atom. The number of halogens is 1. The van der Waals surface area contributed by atoms with Crippen LogP contribution in [-0.4, -0.2) is 50.3 Å². The van der Waals surface area contributed by atoms with E-state index in [1.165, 1.54) is 23.8 Å². The first kappa shape index (κ1) is 18.8. The second-order valence-electron chi connectivity index (χ2n) is 6.24. The Labute approximate surface area is 158 Å². The summed E-state index contributed by atoms with van der Waals surface area (Å²) in [5, 5.41) is 5.36. The Kier molecular flexibility index (Phi) is 5.62. The van der Waals surface area contributed by atoms with Gasteiger partial charge in [-0.2, -0.15) is 0 Å². The van der Waals surface area contributed by atoms with E-state index in [1.807, 2.05) is 18.2 Å². The average molecular weight is 394 g/mol. The van der Waals surface area contributed by atoms with Crippen LogP contribution in [0.4, 0.5) is 0 Å². The summed E-state index contributed by atoms with van der Waals surface area (Å²) < 4.78 is 23.0. The van der Waals surface area contributed by atoms with Crippen molar-refractivity contribution in [1.82, 2.24) is 9.80 Å². The van der Waals surface area contributed by atoms with E-state index >= 15 is 0 Å². The summed E-state index contributed by atoms with van der Waals surface area (Å²) in [6, 6.07) is 14.1. The van der Waals surface area contributed by atoms with Gasteiger partial charge >= 0.3 is 0 Å². The van der Waals surface area contributed by atoms with Gasteiger partial charge in [0.2, 0.25) is 10.0 Å². The van der Waals surface area contributed by atoms with E-state index in [2.05, 4.69) is 17.0 Å². The molecular weight excluding hydrogens is 374 g/mol. The molecule has 8 heteroatoms. The molecule has 1 aliphatic rings. The van der Waals surface area contributed by atoms with E-state index < -0.39 is 10.0 Å². The maximum atomic E-state index is 12.8. The van der Waals surface area contributed by atoms with E-state index in [4.69, 9.17) is 16.7 Å². The first-order valence-corrected chi connectivity index (χ1v) is 10.1. The van der Waals surface area contributed by atoms with Gasteiger partial charge in [0.15, 0.2) is 0 Å². The average Bonchev–Trinajstić information content (AvgIpc) is 2.62. The molecule has 0 aliphatic carbocycles. The third-order valence-electron chi connectivity index (χ3n) is 4.41. The van der Waals surface area contributed by atoms with E-state index in [0.717, 1.165) is 19.6 Å². The molecule has 1 saturated heterocycles. The maximum absolute atomic E-state index is 12.8. The second kappa shape index (κ2) is 7.75. The van der Waals surface area contributed by atoms with Gasteiger partial charge in [-0.3, -0.25) is 9.69 Å². The van der Waals surface area contributed by atoms with Crippen LogP contribution >= 0.6 is 11.6 Å². The van der Waals surface area contributed by atoms with E-state index in [9.17, 15) is 13.2 Å². The van der Waals surface area contributed by atoms with E-state index in [0.29, 0.717) is 13.1 Å². The number of hydrogen-bond donors (Lipinski definition) is 1. The van der Waals surface area contributed by atoms with Crippen LogP contribution in [0.5, 0.6) is 0 Å². The number of nitrogens with zero attached hydrogens (tertiary/aromatic N) is 2. The Morgan fingerprint density at radius 3 is 2.31 bits per heavy atom. The number of benzene rings is 2. The van der Waals surface area contributed by atoms with Gasteiger partial charge in [0.05, 0.1) is 15.5 Å². The highest BCUT2D eigenvalue weighted by Gasteiger charge is 2.24. The van der Waals surface area contributed by atoms with E-state index in [-0.39, 0.29) is 21.4 Å². The molecule has 0 bridgehead atoms. The van der Waals surface area contributed by atoms with Crippen molar-refractivity contribution in [3.8, 4) is 0 Å². The van der Waals surface area contributed by atoms with E-state index in [1.54, 1.807) is 4.90 Å². The lowest BCUT2D eigenvalue weighted by molar-refractivity contribution is 0.0628. The molecule has 1 amide bonds. The van der Waals surface area contributed by atoms with Gasteiger partial charge in [0, 0.05) is 32.7 Å². The molecule has 6 nitrogen and oxygen atoms in total. The van der Waals surface area contributed by atoms with Gasteiger partial charge in [-0.15, -0.1) is 0 Å². The lowest BCUT2D eigenvalue weighted by atomic mass is 10.1. The van der Waals surface area contributed by atoms with Crippen LogP contribution < -0.4 is 5.14 Å². The van der Waals surface area contributed by atoms with Crippen LogP contribution in [-0.2, 0) is 16.6 Å². The number of piperazine rings is 1. The molecule has 0 atom stereocenters. The molecule has 0 saturated carbocycles. The van der Waals surface area contributed by atoms with Crippen LogP contribution in [0.3, 0.4) is 0 Å². The molecule has 2 aromatic carbocycles. The Bertz CT molecular complexity index is 895. The second-order valence-corrected chi connectivity index (χ2v) is 8.21. The normalized spacial score (nSPS) is 15.8. The molecule has 0 radical (unpaired) electrons. The number of amides is 1. The topological polar surface area (TPSA) is 83.7 Å². The Morgan fingerprint density at radius 2 is 1.69 bits per heavy atom. The zero-order chi connectivity index (χ0) is 18.7. The van der Waals surface area contributed by atoms with Crippen LogP contribution in [0, 0.1) is 0 Å². The lowest BCUT2D eigenvalue weighted by Gasteiger charge is -2.35. The number of carbonyl (C=O) groups is 1. The molecule has 3 rings (SSSR count). The molecule has 0 spiro atoms. The molecule has 138 valence electrons. The third kappa shape index (κ3) is 4.42. The van der Waals surface area contributed by atoms with Crippen molar-refractivity contribution >= 4 is 27.5 Å². The maximum Gasteiger partial charge on any atom is 0.255 e. The van der Waals surface area contributed by atoms with Crippen LogP contribution in [0.2, 0.25) is 5.02 Å². The third-order valence-corrected chi connectivity index (χ3v) is 5.65. The Balaban J connectivity index is 1.67. The van der Waals surface area contributed by atoms with Crippen LogP contribution in [0.25, 0.3) is 0 Å². The highest BCUT2D eigenvalue weighted by molar-refractivity contribution is 7.89. The Hall–Kier alpha value is -1.93. The highest BCUT2D eigenvalue weighted by atomic mass is 35.5. The van der Waals surface area contributed by atoms with Gasteiger partial charge in [0.1, 0.15) is 0 Å². The van der Waals surface area contributed by atoms with Gasteiger partial charge in [0.25, 0.3) is 5.91 Å². The summed E-state index contributed by atoms with van der Waals surface area (Å²) in [6.07, 6.45) is 0. The number of rotatable bonds is 4. The largest absolute Gasteiger partial charge is 0.336 e. The van der Waals surface area contributed by atoms with Gasteiger partial charge in [-0.1, -0.05) is 41.9 Å². The number of sulfonamides is 1. The quantitative estimate of drug-likeness (QED) is 0.860. The van der Waals surface area contributed by atoms with Crippen molar-refractivity contribution in [2.24, 2.45) is 5.14 Å². The minimum Gasteiger partial charge on any atom is -0.336 e. The van der Waals surface area contributed by atoms with Crippen molar-refractivity contribution in [1.29, 1.82) is 0 Å². The first-order valence-electron chi connectivity index (χ1n) is 8.22. The lowest BCUT2D eigenvalue weighted by Crippen LogP contribution is -2.48. The van der Waals surface area contributed by atoms with Crippen molar-refractivity contribution in [2.45, 2.75) is 11.4 Å². The van der Waals surface area contributed by atoms with Crippen molar-refractivity contribution in [3.05, 3.63) is 64.7 Å². The zero-order valence-electron chi connectivity index (χ0n) is 14.1. The van der Waals surface area contributed by atoms with Gasteiger partial charge < -0.3 is 4.90 Å². The summed E-state index contributed by atoms with van der Waals surface area (Å²) in [6.45, 7) is 3.44. The monoisotopic (exact) mass is 393 g/mol. The highest BCUT2D eigenvalue weighted by Crippen LogP contribution is 2.22. The molecule has 1 heterocycles. The molecule has 1 aliphatic heterocycles. The summed E-state index contributed by atoms with van der Waals surface area (Å²) in [7, 11) is -3.89. The smallest absolute Gasteiger partial charge is 0.255 e. The fourth-order valence-electron chi connectivity index (χ4n) is 2.97. The predicted octanol–water partition coefficient (Wildman–Crippen LogP) is 1.95. The summed E-state index contributed by atoms with van der Waals surface area (Å²) in [5.74, 6) is -0.278. The number of hydrogen-bond acceptors (Lipinski definition) is 4. The predicted molar refractivity (Wildman–Crippen MR) is 100 cm³/mol. The van der Waals surface area contributed by atoms with Crippen molar-refractivity contribution in [2.75, 3.05) is 26.2 Å². The van der Waals surface area contributed by atoms with Crippen LogP contribution in [0.1, 0.15) is 15.9 Å².